The van der Waals surface area contributed by atoms with E-state index in [0.717, 1.165) is 12.0 Å². The Bertz CT molecular complexity index is 356. The summed E-state index contributed by atoms with van der Waals surface area (Å²) in [7, 11) is 2.03. The van der Waals surface area contributed by atoms with Crippen molar-refractivity contribution in [1.82, 2.24) is 4.90 Å². The Morgan fingerprint density at radius 2 is 2.13 bits per heavy atom. The zero-order chi connectivity index (χ0) is 11.1. The highest BCUT2D eigenvalue weighted by Gasteiger charge is 2.41. The molecular formula is C12H16ClNO. The number of benzene rings is 1. The molecule has 2 rings (SSSR count). The van der Waals surface area contributed by atoms with E-state index in [-0.39, 0.29) is 0 Å². The van der Waals surface area contributed by atoms with Gasteiger partial charge in [0.25, 0.3) is 0 Å². The summed E-state index contributed by atoms with van der Waals surface area (Å²) in [4.78, 5) is 2.16. The smallest absolute Gasteiger partial charge is 0.105 e. The molecule has 0 aliphatic carbocycles. The molecule has 1 heterocycles. The van der Waals surface area contributed by atoms with Crippen LogP contribution in [0, 0.1) is 0 Å². The van der Waals surface area contributed by atoms with E-state index in [1.165, 1.54) is 0 Å². The molecule has 0 saturated carbocycles. The monoisotopic (exact) mass is 225 g/mol. The number of likely N-dealkylation sites (tertiary alicyclic amines) is 1. The Balaban J connectivity index is 2.35. The van der Waals surface area contributed by atoms with Gasteiger partial charge < -0.3 is 10.0 Å². The number of β-amino-alcohol motifs (C(OH)–C–C–N with tert-alkyl or cyclic N) is 1. The molecular weight excluding hydrogens is 210 g/mol. The van der Waals surface area contributed by atoms with Gasteiger partial charge in [-0.1, -0.05) is 29.8 Å². The van der Waals surface area contributed by atoms with Crippen LogP contribution in [-0.2, 0) is 5.60 Å². The highest BCUT2D eigenvalue weighted by molar-refractivity contribution is 6.31. The number of halogens is 1. The molecule has 0 bridgehead atoms. The van der Waals surface area contributed by atoms with E-state index >= 15 is 0 Å². The molecule has 0 aromatic heterocycles. The minimum Gasteiger partial charge on any atom is -0.384 e. The number of hydrogen-bond donors (Lipinski definition) is 1. The topological polar surface area (TPSA) is 23.5 Å². The van der Waals surface area contributed by atoms with E-state index < -0.39 is 5.60 Å². The second-order valence-corrected chi connectivity index (χ2v) is 4.89. The molecule has 2 unspecified atom stereocenters. The molecule has 1 aliphatic heterocycles. The van der Waals surface area contributed by atoms with E-state index in [1.54, 1.807) is 0 Å². The summed E-state index contributed by atoms with van der Waals surface area (Å²) in [6, 6.07) is 7.94. The predicted octanol–water partition coefficient (Wildman–Crippen LogP) is 2.25. The van der Waals surface area contributed by atoms with Crippen molar-refractivity contribution < 1.29 is 5.11 Å². The van der Waals surface area contributed by atoms with Crippen molar-refractivity contribution in [3.05, 3.63) is 34.9 Å². The van der Waals surface area contributed by atoms with Crippen molar-refractivity contribution in [2.45, 2.75) is 25.0 Å². The van der Waals surface area contributed by atoms with Crippen LogP contribution in [-0.4, -0.2) is 29.6 Å². The Kier molecular flexibility index (Phi) is 2.75. The molecule has 0 amide bonds. The van der Waals surface area contributed by atoms with Gasteiger partial charge in [0.15, 0.2) is 0 Å². The van der Waals surface area contributed by atoms with E-state index in [0.29, 0.717) is 17.6 Å². The van der Waals surface area contributed by atoms with Gasteiger partial charge in [0.1, 0.15) is 5.60 Å². The molecule has 1 aliphatic rings. The van der Waals surface area contributed by atoms with E-state index in [4.69, 9.17) is 11.6 Å². The molecule has 1 aromatic carbocycles. The van der Waals surface area contributed by atoms with Crippen LogP contribution in [0.5, 0.6) is 0 Å². The summed E-state index contributed by atoms with van der Waals surface area (Å²) in [6.45, 7) is 2.77. The molecule has 1 saturated heterocycles. The number of rotatable bonds is 1. The molecule has 1 N–H and O–H groups in total. The fourth-order valence-corrected chi connectivity index (χ4v) is 2.62. The van der Waals surface area contributed by atoms with E-state index in [1.807, 2.05) is 31.3 Å². The van der Waals surface area contributed by atoms with Crippen LogP contribution in [0.3, 0.4) is 0 Å². The van der Waals surface area contributed by atoms with Crippen LogP contribution in [0.4, 0.5) is 0 Å². The van der Waals surface area contributed by atoms with Crippen molar-refractivity contribution in [2.24, 2.45) is 0 Å². The van der Waals surface area contributed by atoms with E-state index in [2.05, 4.69) is 11.8 Å². The third kappa shape index (κ3) is 1.89. The van der Waals surface area contributed by atoms with Gasteiger partial charge in [-0.15, -0.1) is 0 Å². The lowest BCUT2D eigenvalue weighted by Crippen LogP contribution is -2.29. The van der Waals surface area contributed by atoms with Crippen LogP contribution in [0.2, 0.25) is 5.02 Å². The first kappa shape index (κ1) is 10.9. The number of nitrogens with zero attached hydrogens (tertiary/aromatic N) is 1. The van der Waals surface area contributed by atoms with Crippen LogP contribution >= 0.6 is 11.6 Å². The maximum absolute atomic E-state index is 10.6. The quantitative estimate of drug-likeness (QED) is 0.793. The number of likely N-dealkylation sites (N-methyl/N-ethyl adjacent to an activating group) is 1. The molecule has 2 nitrogen and oxygen atoms in total. The predicted molar refractivity (Wildman–Crippen MR) is 62.1 cm³/mol. The molecule has 0 radical (unpaired) electrons. The first-order valence-corrected chi connectivity index (χ1v) is 5.58. The first-order chi connectivity index (χ1) is 7.03. The summed E-state index contributed by atoms with van der Waals surface area (Å²) in [5.41, 5.74) is 0.0647. The molecule has 0 spiro atoms. The molecule has 82 valence electrons. The Morgan fingerprint density at radius 1 is 1.47 bits per heavy atom. The lowest BCUT2D eigenvalue weighted by atomic mass is 9.91. The summed E-state index contributed by atoms with van der Waals surface area (Å²) in [5, 5.41) is 11.2. The van der Waals surface area contributed by atoms with Gasteiger partial charge in [-0.3, -0.25) is 0 Å². The average Bonchev–Trinajstić information content (AvgIpc) is 2.42. The van der Waals surface area contributed by atoms with Crippen LogP contribution in [0.1, 0.15) is 18.9 Å². The average molecular weight is 226 g/mol. The van der Waals surface area contributed by atoms with Crippen molar-refractivity contribution in [2.75, 3.05) is 13.6 Å². The van der Waals surface area contributed by atoms with Crippen molar-refractivity contribution in [3.63, 3.8) is 0 Å². The Morgan fingerprint density at radius 3 is 2.67 bits per heavy atom. The van der Waals surface area contributed by atoms with Crippen LogP contribution in [0.25, 0.3) is 0 Å². The number of aliphatic hydroxyl groups is 1. The van der Waals surface area contributed by atoms with Crippen molar-refractivity contribution >= 4 is 11.6 Å². The fourth-order valence-electron chi connectivity index (χ4n) is 2.31. The second-order valence-electron chi connectivity index (χ2n) is 4.48. The van der Waals surface area contributed by atoms with Gasteiger partial charge in [-0.2, -0.15) is 0 Å². The molecule has 1 fully saturated rings. The van der Waals surface area contributed by atoms with Gasteiger partial charge in [0.05, 0.1) is 0 Å². The fraction of sp³-hybridized carbons (Fsp3) is 0.500. The minimum atomic E-state index is -0.785. The summed E-state index contributed by atoms with van der Waals surface area (Å²) in [5.74, 6) is 0. The van der Waals surface area contributed by atoms with Crippen molar-refractivity contribution in [1.29, 1.82) is 0 Å². The van der Waals surface area contributed by atoms with Gasteiger partial charge >= 0.3 is 0 Å². The van der Waals surface area contributed by atoms with Gasteiger partial charge in [0, 0.05) is 23.2 Å². The van der Waals surface area contributed by atoms with Gasteiger partial charge in [-0.25, -0.2) is 0 Å². The zero-order valence-electron chi connectivity index (χ0n) is 9.07. The highest BCUT2D eigenvalue weighted by Crippen LogP contribution is 2.37. The molecule has 3 heteroatoms. The third-order valence-corrected chi connectivity index (χ3v) is 3.60. The van der Waals surface area contributed by atoms with Crippen LogP contribution in [0.15, 0.2) is 24.3 Å². The molecule has 2 atom stereocenters. The molecule has 15 heavy (non-hydrogen) atoms. The lowest BCUT2D eigenvalue weighted by molar-refractivity contribution is 0.0487. The number of hydrogen-bond acceptors (Lipinski definition) is 2. The first-order valence-electron chi connectivity index (χ1n) is 5.20. The summed E-state index contributed by atoms with van der Waals surface area (Å²) < 4.78 is 0. The van der Waals surface area contributed by atoms with Gasteiger partial charge in [0.2, 0.25) is 0 Å². The SMILES string of the molecule is CC1CC(O)(c2ccccc2Cl)CN1C. The highest BCUT2D eigenvalue weighted by atomic mass is 35.5. The summed E-state index contributed by atoms with van der Waals surface area (Å²) in [6.07, 6.45) is 0.743. The minimum absolute atomic E-state index is 0.395. The lowest BCUT2D eigenvalue weighted by Gasteiger charge is -2.23. The normalized spacial score (nSPS) is 32.1. The maximum Gasteiger partial charge on any atom is 0.105 e. The standard InChI is InChI=1S/C12H16ClNO/c1-9-7-12(15,8-14(9)2)10-5-3-4-6-11(10)13/h3-6,9,15H,7-8H2,1-2H3. The maximum atomic E-state index is 10.6. The summed E-state index contributed by atoms with van der Waals surface area (Å²) >= 11 is 6.11. The third-order valence-electron chi connectivity index (χ3n) is 3.27. The Hall–Kier alpha value is -0.570. The Labute approximate surface area is 95.5 Å². The largest absolute Gasteiger partial charge is 0.384 e. The van der Waals surface area contributed by atoms with Gasteiger partial charge in [-0.05, 0) is 26.5 Å². The molecule has 1 aromatic rings. The van der Waals surface area contributed by atoms with Crippen LogP contribution < -0.4 is 0 Å². The van der Waals surface area contributed by atoms with Crippen molar-refractivity contribution in [3.8, 4) is 0 Å². The second kappa shape index (κ2) is 3.78. The van der Waals surface area contributed by atoms with E-state index in [9.17, 15) is 5.11 Å². The zero-order valence-corrected chi connectivity index (χ0v) is 9.83.